The van der Waals surface area contributed by atoms with Crippen molar-refractivity contribution in [2.75, 3.05) is 18.8 Å². The molecule has 0 saturated heterocycles. The molecule has 0 aromatic heterocycles. The molecule has 0 saturated carbocycles. The molecule has 0 amide bonds. The van der Waals surface area contributed by atoms with E-state index in [1.54, 1.807) is 38.1 Å². The molecule has 0 radical (unpaired) electrons. The van der Waals surface area contributed by atoms with Gasteiger partial charge in [-0.3, -0.25) is 0 Å². The fourth-order valence-electron chi connectivity index (χ4n) is 1.64. The lowest BCUT2D eigenvalue weighted by Gasteiger charge is -2.20. The number of hydrogen-bond acceptors (Lipinski definition) is 3. The highest BCUT2D eigenvalue weighted by atomic mass is 32.2. The van der Waals surface area contributed by atoms with Crippen LogP contribution in [0.2, 0.25) is 0 Å². The number of hydrogen-bond donors (Lipinski definition) is 1. The van der Waals surface area contributed by atoms with Crippen LogP contribution in [0.5, 0.6) is 0 Å². The Morgan fingerprint density at radius 2 is 2.12 bits per heavy atom. The van der Waals surface area contributed by atoms with E-state index in [2.05, 4.69) is 6.58 Å². The van der Waals surface area contributed by atoms with Crippen LogP contribution in [0, 0.1) is 6.92 Å². The van der Waals surface area contributed by atoms with Crippen LogP contribution in [0.25, 0.3) is 0 Å². The van der Waals surface area contributed by atoms with E-state index in [1.165, 1.54) is 4.31 Å². The third-order valence-corrected chi connectivity index (χ3v) is 4.60. The number of sulfonamides is 1. The van der Waals surface area contributed by atoms with Crippen molar-refractivity contribution in [3.8, 4) is 0 Å². The van der Waals surface area contributed by atoms with E-state index in [1.807, 2.05) is 0 Å². The van der Waals surface area contributed by atoms with E-state index in [-0.39, 0.29) is 0 Å². The molecule has 0 unspecified atom stereocenters. The van der Waals surface area contributed by atoms with E-state index in [9.17, 15) is 8.42 Å². The largest absolute Gasteiger partial charge is 0.399 e. The topological polar surface area (TPSA) is 63.4 Å². The SMILES string of the molecule is C=CCN(CC)S(=O)(=O)c1ccc(N)cc1C. The van der Waals surface area contributed by atoms with Gasteiger partial charge in [0.25, 0.3) is 0 Å². The first-order valence-electron chi connectivity index (χ1n) is 5.40. The van der Waals surface area contributed by atoms with Crippen LogP contribution < -0.4 is 5.73 Å². The molecule has 0 aliphatic rings. The van der Waals surface area contributed by atoms with Crippen molar-refractivity contribution in [1.29, 1.82) is 0 Å². The molecule has 94 valence electrons. The van der Waals surface area contributed by atoms with Crippen molar-refractivity contribution in [2.24, 2.45) is 0 Å². The number of aryl methyl sites for hydroxylation is 1. The summed E-state index contributed by atoms with van der Waals surface area (Å²) in [5.41, 5.74) is 6.84. The highest BCUT2D eigenvalue weighted by molar-refractivity contribution is 7.89. The molecular weight excluding hydrogens is 236 g/mol. The van der Waals surface area contributed by atoms with E-state index >= 15 is 0 Å². The van der Waals surface area contributed by atoms with Crippen LogP contribution in [0.1, 0.15) is 12.5 Å². The maximum Gasteiger partial charge on any atom is 0.243 e. The summed E-state index contributed by atoms with van der Waals surface area (Å²) in [4.78, 5) is 0.301. The highest BCUT2D eigenvalue weighted by Crippen LogP contribution is 2.21. The van der Waals surface area contributed by atoms with E-state index in [0.29, 0.717) is 29.2 Å². The van der Waals surface area contributed by atoms with Gasteiger partial charge < -0.3 is 5.73 Å². The van der Waals surface area contributed by atoms with Crippen LogP contribution in [-0.4, -0.2) is 25.8 Å². The summed E-state index contributed by atoms with van der Waals surface area (Å²) in [5.74, 6) is 0. The lowest BCUT2D eigenvalue weighted by molar-refractivity contribution is 0.459. The first kappa shape index (κ1) is 13.7. The smallest absolute Gasteiger partial charge is 0.243 e. The molecular formula is C12H18N2O2S. The van der Waals surface area contributed by atoms with Gasteiger partial charge in [0.15, 0.2) is 0 Å². The van der Waals surface area contributed by atoms with Crippen molar-refractivity contribution in [3.05, 3.63) is 36.4 Å². The molecule has 17 heavy (non-hydrogen) atoms. The predicted octanol–water partition coefficient (Wildman–Crippen LogP) is 1.77. The fraction of sp³-hybridized carbons (Fsp3) is 0.333. The van der Waals surface area contributed by atoms with Crippen LogP contribution in [0.3, 0.4) is 0 Å². The summed E-state index contributed by atoms with van der Waals surface area (Å²) in [6.45, 7) is 7.83. The van der Waals surface area contributed by atoms with Crippen molar-refractivity contribution < 1.29 is 8.42 Å². The summed E-state index contributed by atoms with van der Waals surface area (Å²) in [5, 5.41) is 0. The summed E-state index contributed by atoms with van der Waals surface area (Å²) in [6.07, 6.45) is 1.58. The maximum absolute atomic E-state index is 12.3. The standard InChI is InChI=1S/C12H18N2O2S/c1-4-8-14(5-2)17(15,16)12-7-6-11(13)9-10(12)3/h4,6-7,9H,1,5,8,13H2,2-3H3. The van der Waals surface area contributed by atoms with Gasteiger partial charge in [-0.15, -0.1) is 6.58 Å². The summed E-state index contributed by atoms with van der Waals surface area (Å²) in [7, 11) is -3.45. The molecule has 0 bridgehead atoms. The van der Waals surface area contributed by atoms with Gasteiger partial charge in [0, 0.05) is 18.8 Å². The lowest BCUT2D eigenvalue weighted by Crippen LogP contribution is -2.31. The van der Waals surface area contributed by atoms with Gasteiger partial charge in [0.2, 0.25) is 10.0 Å². The Hall–Kier alpha value is -1.33. The number of benzene rings is 1. The Kier molecular flexibility index (Phi) is 4.31. The Morgan fingerprint density at radius 1 is 1.47 bits per heavy atom. The summed E-state index contributed by atoms with van der Waals surface area (Å²) >= 11 is 0. The molecule has 0 spiro atoms. The molecule has 2 N–H and O–H groups in total. The minimum atomic E-state index is -3.45. The van der Waals surface area contributed by atoms with E-state index < -0.39 is 10.0 Å². The lowest BCUT2D eigenvalue weighted by atomic mass is 10.2. The molecule has 0 aliphatic heterocycles. The maximum atomic E-state index is 12.3. The zero-order chi connectivity index (χ0) is 13.1. The van der Waals surface area contributed by atoms with Gasteiger partial charge in [0.05, 0.1) is 4.90 Å². The quantitative estimate of drug-likeness (QED) is 0.643. The second-order valence-electron chi connectivity index (χ2n) is 3.77. The van der Waals surface area contributed by atoms with E-state index in [4.69, 9.17) is 5.73 Å². The van der Waals surface area contributed by atoms with Crippen molar-refractivity contribution in [1.82, 2.24) is 4.31 Å². The Morgan fingerprint density at radius 3 is 2.59 bits per heavy atom. The number of likely N-dealkylation sites (N-methyl/N-ethyl adjacent to an activating group) is 1. The number of nitrogen functional groups attached to an aromatic ring is 1. The number of nitrogens with two attached hydrogens (primary N) is 1. The van der Waals surface area contributed by atoms with Crippen LogP contribution >= 0.6 is 0 Å². The summed E-state index contributed by atoms with van der Waals surface area (Å²) < 4.78 is 26.0. The zero-order valence-corrected chi connectivity index (χ0v) is 11.0. The minimum Gasteiger partial charge on any atom is -0.399 e. The number of anilines is 1. The van der Waals surface area contributed by atoms with E-state index in [0.717, 1.165) is 0 Å². The first-order chi connectivity index (χ1) is 7.93. The molecule has 1 rings (SSSR count). The summed E-state index contributed by atoms with van der Waals surface area (Å²) in [6, 6.07) is 4.81. The van der Waals surface area contributed by atoms with Crippen molar-refractivity contribution >= 4 is 15.7 Å². The van der Waals surface area contributed by atoms with Gasteiger partial charge in [-0.2, -0.15) is 4.31 Å². The molecule has 4 nitrogen and oxygen atoms in total. The zero-order valence-electron chi connectivity index (χ0n) is 10.2. The van der Waals surface area contributed by atoms with Gasteiger partial charge >= 0.3 is 0 Å². The Balaban J connectivity index is 3.24. The van der Waals surface area contributed by atoms with Gasteiger partial charge in [-0.05, 0) is 30.7 Å². The van der Waals surface area contributed by atoms with Crippen molar-refractivity contribution in [3.63, 3.8) is 0 Å². The molecule has 0 atom stereocenters. The van der Waals surface area contributed by atoms with Gasteiger partial charge in [0.1, 0.15) is 0 Å². The Labute approximate surface area is 103 Å². The molecule has 5 heteroatoms. The molecule has 0 fully saturated rings. The Bertz CT molecular complexity index is 509. The average Bonchev–Trinajstić information content (AvgIpc) is 2.24. The normalized spacial score (nSPS) is 11.7. The van der Waals surface area contributed by atoms with Crippen LogP contribution in [0.15, 0.2) is 35.7 Å². The second-order valence-corrected chi connectivity index (χ2v) is 5.68. The van der Waals surface area contributed by atoms with Gasteiger partial charge in [-0.1, -0.05) is 13.0 Å². The van der Waals surface area contributed by atoms with Crippen LogP contribution in [-0.2, 0) is 10.0 Å². The third-order valence-electron chi connectivity index (χ3n) is 2.50. The molecule has 1 aromatic carbocycles. The first-order valence-corrected chi connectivity index (χ1v) is 6.84. The van der Waals surface area contributed by atoms with Crippen molar-refractivity contribution in [2.45, 2.75) is 18.7 Å². The average molecular weight is 254 g/mol. The van der Waals surface area contributed by atoms with Gasteiger partial charge in [-0.25, -0.2) is 8.42 Å². The number of rotatable bonds is 5. The third kappa shape index (κ3) is 2.87. The fourth-order valence-corrected chi connectivity index (χ4v) is 3.27. The van der Waals surface area contributed by atoms with Crippen LogP contribution in [0.4, 0.5) is 5.69 Å². The molecule has 1 aromatic rings. The minimum absolute atomic E-state index is 0.301. The number of nitrogens with zero attached hydrogens (tertiary/aromatic N) is 1. The highest BCUT2D eigenvalue weighted by Gasteiger charge is 2.23. The molecule has 0 aliphatic carbocycles. The second kappa shape index (κ2) is 5.33. The predicted molar refractivity (Wildman–Crippen MR) is 70.2 cm³/mol. The monoisotopic (exact) mass is 254 g/mol. The molecule has 0 heterocycles.